The van der Waals surface area contributed by atoms with Crippen LogP contribution in [0.15, 0.2) is 121 Å². The third-order valence-electron chi connectivity index (χ3n) is 11.6. The van der Waals surface area contributed by atoms with Gasteiger partial charge in [0.05, 0.1) is 29.7 Å². The van der Waals surface area contributed by atoms with E-state index in [0.717, 1.165) is 64.3 Å². The molecular weight excluding hydrogens is 851 g/mol. The fourth-order valence-corrected chi connectivity index (χ4v) is 9.53. The summed E-state index contributed by atoms with van der Waals surface area (Å²) in [7, 11) is 0. The van der Waals surface area contributed by atoms with Crippen LogP contribution < -0.4 is 10.6 Å². The minimum Gasteiger partial charge on any atom is -0.444 e. The second kappa shape index (κ2) is 19.4. The van der Waals surface area contributed by atoms with Crippen molar-refractivity contribution < 1.29 is 28.7 Å². The lowest BCUT2D eigenvalue weighted by atomic mass is 10.0. The maximum Gasteiger partial charge on any atom is 0.408 e. The summed E-state index contributed by atoms with van der Waals surface area (Å²) in [5.74, 6) is 0.294. The summed E-state index contributed by atoms with van der Waals surface area (Å²) < 4.78 is 11.0. The number of alkyl carbamates (subject to hydrolysis) is 2. The molecule has 3 N–H and O–H groups in total. The van der Waals surface area contributed by atoms with Crippen molar-refractivity contribution in [3.05, 3.63) is 143 Å². The molecule has 2 fully saturated rings. The van der Waals surface area contributed by atoms with E-state index in [0.29, 0.717) is 30.0 Å². The number of imidazole rings is 1. The molecule has 8 rings (SSSR count). The molecular formula is C52H57N7O6S. The zero-order chi connectivity index (χ0) is 46.6. The molecule has 4 aromatic carbocycles. The number of carbonyl (C=O) groups excluding carboxylic acids is 4. The van der Waals surface area contributed by atoms with Gasteiger partial charge in [0.1, 0.15) is 34.1 Å². The first-order chi connectivity index (χ1) is 31.6. The smallest absolute Gasteiger partial charge is 0.408 e. The van der Waals surface area contributed by atoms with Crippen molar-refractivity contribution in [1.29, 1.82) is 0 Å². The molecule has 0 spiro atoms. The van der Waals surface area contributed by atoms with E-state index in [-0.39, 0.29) is 23.9 Å². The van der Waals surface area contributed by atoms with Crippen LogP contribution >= 0.6 is 11.3 Å². The lowest BCUT2D eigenvalue weighted by Gasteiger charge is -2.29. The predicted molar refractivity (Wildman–Crippen MR) is 255 cm³/mol. The number of amides is 4. The average molecular weight is 908 g/mol. The van der Waals surface area contributed by atoms with Gasteiger partial charge in [-0.05, 0) is 95.0 Å². The van der Waals surface area contributed by atoms with Gasteiger partial charge in [0.25, 0.3) is 11.8 Å². The Morgan fingerprint density at radius 2 is 1.09 bits per heavy atom. The molecule has 0 unspecified atom stereocenters. The van der Waals surface area contributed by atoms with Crippen molar-refractivity contribution >= 4 is 35.3 Å². The van der Waals surface area contributed by atoms with Gasteiger partial charge in [-0.2, -0.15) is 0 Å². The number of thiazole rings is 1. The lowest BCUT2D eigenvalue weighted by molar-refractivity contribution is -0.135. The van der Waals surface area contributed by atoms with Gasteiger partial charge in [-0.25, -0.2) is 19.6 Å². The van der Waals surface area contributed by atoms with Crippen LogP contribution in [0.25, 0.3) is 33.6 Å². The number of nitrogens with zero attached hydrogens (tertiary/aromatic N) is 4. The van der Waals surface area contributed by atoms with Crippen LogP contribution in [0.5, 0.6) is 0 Å². The number of rotatable bonds is 11. The number of nitrogens with one attached hydrogen (secondary N) is 3. The molecule has 0 aliphatic carbocycles. The fourth-order valence-electron chi connectivity index (χ4n) is 8.55. The van der Waals surface area contributed by atoms with E-state index in [1.165, 1.54) is 0 Å². The topological polar surface area (TPSA) is 159 Å². The second-order valence-electron chi connectivity index (χ2n) is 18.8. The third kappa shape index (κ3) is 10.8. The van der Waals surface area contributed by atoms with Crippen molar-refractivity contribution in [3.8, 4) is 33.6 Å². The maximum absolute atomic E-state index is 14.2. The van der Waals surface area contributed by atoms with Crippen LogP contribution in [0.4, 0.5) is 9.59 Å². The Bertz CT molecular complexity index is 2450. The van der Waals surface area contributed by atoms with Gasteiger partial charge in [-0.1, -0.05) is 109 Å². The third-order valence-corrected chi connectivity index (χ3v) is 12.5. The Labute approximate surface area is 390 Å². The van der Waals surface area contributed by atoms with E-state index < -0.39 is 35.5 Å². The van der Waals surface area contributed by atoms with Crippen LogP contribution in [0.2, 0.25) is 0 Å². The quantitative estimate of drug-likeness (QED) is 0.116. The second-order valence-corrected chi connectivity index (χ2v) is 19.7. The number of carbonyl (C=O) groups is 4. The monoisotopic (exact) mass is 907 g/mol. The first-order valence-corrected chi connectivity index (χ1v) is 23.4. The maximum atomic E-state index is 14.2. The molecule has 4 atom stereocenters. The van der Waals surface area contributed by atoms with Crippen LogP contribution in [-0.4, -0.2) is 73.0 Å². The van der Waals surface area contributed by atoms with Crippen molar-refractivity contribution in [2.24, 2.45) is 0 Å². The standard InChI is InChI=1S/C52H57N7O6S/c1-51(2,3)64-49(62)56-43(37-15-9-7-10-16-37)47(60)58-29-13-19-41(58)45-53-31-39(54-45)35-25-21-33(22-26-35)34-23-27-36(28-24-34)40-32-66-46(55-40)42-20-14-30-59(42)48(61)44(38-17-11-8-12-18-38)57-50(63)65-52(4,5)6/h7-12,15-18,21-28,31-32,41-44H,13-14,19-20,29-30H2,1-6H3,(H,53,54)(H,56,62)(H,57,63)/t41-,42-,43+,44+/m0/s1. The van der Waals surface area contributed by atoms with Crippen LogP contribution in [0, 0.1) is 0 Å². The molecule has 66 heavy (non-hydrogen) atoms. The Morgan fingerprint density at radius 3 is 1.59 bits per heavy atom. The van der Waals surface area contributed by atoms with Gasteiger partial charge < -0.3 is 34.9 Å². The molecule has 0 radical (unpaired) electrons. The largest absolute Gasteiger partial charge is 0.444 e. The molecule has 2 aliphatic rings. The first kappa shape index (κ1) is 45.8. The average Bonchev–Trinajstić information content (AvgIpc) is 4.14. The van der Waals surface area contributed by atoms with Crippen molar-refractivity contribution in [1.82, 2.24) is 35.4 Å². The highest BCUT2D eigenvalue weighted by molar-refractivity contribution is 7.10. The van der Waals surface area contributed by atoms with Gasteiger partial charge in [-0.3, -0.25) is 9.59 Å². The minimum absolute atomic E-state index is 0.189. The normalized spacial score (nSPS) is 17.2. The number of H-pyrrole nitrogens is 1. The number of benzene rings is 4. The summed E-state index contributed by atoms with van der Waals surface area (Å²) in [6, 6.07) is 32.8. The van der Waals surface area contributed by atoms with Gasteiger partial charge in [0.2, 0.25) is 0 Å². The highest BCUT2D eigenvalue weighted by Gasteiger charge is 2.39. The number of hydrogen-bond acceptors (Lipinski definition) is 9. The van der Waals surface area contributed by atoms with E-state index in [9.17, 15) is 19.2 Å². The van der Waals surface area contributed by atoms with Gasteiger partial charge in [0.15, 0.2) is 0 Å². The number of aromatic amines is 1. The molecule has 2 aromatic heterocycles. The van der Waals surface area contributed by atoms with Crippen molar-refractivity contribution in [2.45, 2.75) is 103 Å². The summed E-state index contributed by atoms with van der Waals surface area (Å²) in [5.41, 5.74) is 5.67. The Kier molecular flexibility index (Phi) is 13.4. The molecule has 2 saturated heterocycles. The number of ether oxygens (including phenoxy) is 2. The number of hydrogen-bond donors (Lipinski definition) is 3. The Morgan fingerprint density at radius 1 is 0.636 bits per heavy atom. The van der Waals surface area contributed by atoms with Crippen LogP contribution in [0.1, 0.15) is 113 Å². The van der Waals surface area contributed by atoms with Gasteiger partial charge in [-0.15, -0.1) is 11.3 Å². The van der Waals surface area contributed by atoms with E-state index in [1.807, 2.05) is 70.9 Å². The molecule has 342 valence electrons. The minimum atomic E-state index is -0.909. The number of likely N-dealkylation sites (tertiary alicyclic amines) is 2. The molecule has 14 heteroatoms. The van der Waals surface area contributed by atoms with Gasteiger partial charge >= 0.3 is 12.2 Å². The van der Waals surface area contributed by atoms with E-state index in [1.54, 1.807) is 64.0 Å². The zero-order valence-corrected chi connectivity index (χ0v) is 39.1. The molecule has 0 saturated carbocycles. The number of aromatic nitrogens is 3. The molecule has 4 heterocycles. The molecule has 2 aliphatic heterocycles. The van der Waals surface area contributed by atoms with Crippen LogP contribution in [0.3, 0.4) is 0 Å². The molecule has 13 nitrogen and oxygen atoms in total. The highest BCUT2D eigenvalue weighted by atomic mass is 32.1. The SMILES string of the molecule is CC(C)(C)OC(=O)N[C@@H](C(=O)N1CCC[C@H]1c1ncc(-c2ccc(-c3ccc(-c4csc([C@@H]5CCCN5C(=O)[C@H](NC(=O)OC(C)(C)C)c5ccccc5)n4)cc3)cc2)[nH]1)c1ccccc1. The summed E-state index contributed by atoms with van der Waals surface area (Å²) in [5, 5.41) is 8.55. The van der Waals surface area contributed by atoms with E-state index in [2.05, 4.69) is 64.1 Å². The summed E-state index contributed by atoms with van der Waals surface area (Å²) in [6.07, 6.45) is 3.68. The highest BCUT2D eigenvalue weighted by Crippen LogP contribution is 2.39. The summed E-state index contributed by atoms with van der Waals surface area (Å²) >= 11 is 1.54. The first-order valence-electron chi connectivity index (χ1n) is 22.5. The fraction of sp³-hybridized carbons (Fsp3) is 0.346. The molecule has 6 aromatic rings. The summed E-state index contributed by atoms with van der Waals surface area (Å²) in [6.45, 7) is 11.9. The lowest BCUT2D eigenvalue weighted by Crippen LogP contribution is -2.44. The predicted octanol–water partition coefficient (Wildman–Crippen LogP) is 10.7. The van der Waals surface area contributed by atoms with E-state index in [4.69, 9.17) is 19.4 Å². The van der Waals surface area contributed by atoms with E-state index >= 15 is 0 Å². The van der Waals surface area contributed by atoms with Crippen LogP contribution in [-0.2, 0) is 19.1 Å². The Balaban J connectivity index is 0.922. The Hall–Kier alpha value is -6.80. The zero-order valence-electron chi connectivity index (χ0n) is 38.2. The summed E-state index contributed by atoms with van der Waals surface area (Å²) in [4.78, 5) is 71.0. The van der Waals surface area contributed by atoms with Gasteiger partial charge in [0, 0.05) is 24.0 Å². The van der Waals surface area contributed by atoms with Crippen molar-refractivity contribution in [3.63, 3.8) is 0 Å². The molecule has 4 amide bonds. The molecule has 0 bridgehead atoms. The van der Waals surface area contributed by atoms with Crippen molar-refractivity contribution in [2.75, 3.05) is 13.1 Å².